The van der Waals surface area contributed by atoms with E-state index in [2.05, 4.69) is 25.1 Å². The molecule has 0 amide bonds. The first-order valence-electron chi connectivity index (χ1n) is 7.11. The Labute approximate surface area is 136 Å². The monoisotopic (exact) mass is 323 g/mol. The van der Waals surface area contributed by atoms with Crippen LogP contribution in [0.2, 0.25) is 0 Å². The van der Waals surface area contributed by atoms with Crippen molar-refractivity contribution in [1.29, 1.82) is 0 Å². The van der Waals surface area contributed by atoms with Crippen LogP contribution < -0.4 is 0 Å². The summed E-state index contributed by atoms with van der Waals surface area (Å²) in [6.45, 7) is 1.93. The summed E-state index contributed by atoms with van der Waals surface area (Å²) in [5.41, 5.74) is 3.77. The van der Waals surface area contributed by atoms with E-state index in [0.29, 0.717) is 17.5 Å². The molecule has 0 aliphatic rings. The molecule has 23 heavy (non-hydrogen) atoms. The Morgan fingerprint density at radius 2 is 2.09 bits per heavy atom. The van der Waals surface area contributed by atoms with Gasteiger partial charge in [-0.2, -0.15) is 4.98 Å². The maximum absolute atomic E-state index is 5.32. The van der Waals surface area contributed by atoms with Crippen LogP contribution >= 0.6 is 11.8 Å². The summed E-state index contributed by atoms with van der Waals surface area (Å²) < 4.78 is 5.32. The molecule has 0 spiro atoms. The van der Waals surface area contributed by atoms with Crippen molar-refractivity contribution in [3.8, 4) is 11.5 Å². The van der Waals surface area contributed by atoms with Gasteiger partial charge in [0.25, 0.3) is 5.89 Å². The second-order valence-corrected chi connectivity index (χ2v) is 6.01. The molecule has 4 rings (SSSR count). The third-order valence-corrected chi connectivity index (χ3v) is 4.19. The molecule has 3 aromatic heterocycles. The molecule has 0 saturated carbocycles. The van der Waals surface area contributed by atoms with Crippen LogP contribution in [0.4, 0.5) is 0 Å². The van der Waals surface area contributed by atoms with Crippen molar-refractivity contribution < 1.29 is 4.52 Å². The van der Waals surface area contributed by atoms with E-state index in [0.717, 1.165) is 27.4 Å². The lowest BCUT2D eigenvalue weighted by atomic mass is 10.2. The van der Waals surface area contributed by atoms with E-state index in [1.165, 1.54) is 0 Å². The SMILES string of the molecule is Cc1cc(-c2nc(CSc3nc4ccccc4[nH]3)no2)ccn1. The van der Waals surface area contributed by atoms with Gasteiger partial charge in [-0.15, -0.1) is 0 Å². The van der Waals surface area contributed by atoms with Crippen molar-refractivity contribution in [3.05, 3.63) is 54.1 Å². The number of nitrogens with one attached hydrogen (secondary N) is 1. The van der Waals surface area contributed by atoms with Crippen molar-refractivity contribution in [1.82, 2.24) is 25.1 Å². The number of aryl methyl sites for hydroxylation is 1. The molecule has 1 N–H and O–H groups in total. The van der Waals surface area contributed by atoms with Gasteiger partial charge in [0.15, 0.2) is 11.0 Å². The minimum atomic E-state index is 0.510. The minimum absolute atomic E-state index is 0.510. The number of thioether (sulfide) groups is 1. The van der Waals surface area contributed by atoms with Crippen molar-refractivity contribution in [2.75, 3.05) is 0 Å². The van der Waals surface area contributed by atoms with Gasteiger partial charge < -0.3 is 9.51 Å². The van der Waals surface area contributed by atoms with Crippen LogP contribution in [-0.2, 0) is 5.75 Å². The molecule has 114 valence electrons. The highest BCUT2D eigenvalue weighted by molar-refractivity contribution is 7.98. The third kappa shape index (κ3) is 2.95. The zero-order valence-electron chi connectivity index (χ0n) is 12.4. The molecule has 1 aromatic carbocycles. The van der Waals surface area contributed by atoms with Crippen molar-refractivity contribution in [2.24, 2.45) is 0 Å². The summed E-state index contributed by atoms with van der Waals surface area (Å²) >= 11 is 1.55. The first-order valence-corrected chi connectivity index (χ1v) is 8.10. The van der Waals surface area contributed by atoms with E-state index in [4.69, 9.17) is 4.52 Å². The Morgan fingerprint density at radius 1 is 1.17 bits per heavy atom. The molecular formula is C16H13N5OS. The molecule has 7 heteroatoms. The zero-order valence-corrected chi connectivity index (χ0v) is 13.2. The predicted octanol–water partition coefficient (Wildman–Crippen LogP) is 3.61. The molecule has 3 heterocycles. The smallest absolute Gasteiger partial charge is 0.258 e. The van der Waals surface area contributed by atoms with E-state index >= 15 is 0 Å². The van der Waals surface area contributed by atoms with E-state index < -0.39 is 0 Å². The zero-order chi connectivity index (χ0) is 15.6. The molecule has 0 atom stereocenters. The number of hydrogen-bond acceptors (Lipinski definition) is 6. The molecule has 0 saturated heterocycles. The van der Waals surface area contributed by atoms with E-state index in [1.807, 2.05) is 43.3 Å². The number of para-hydroxylation sites is 2. The largest absolute Gasteiger partial charge is 0.334 e. The first-order chi connectivity index (χ1) is 11.3. The quantitative estimate of drug-likeness (QED) is 0.578. The molecule has 4 aromatic rings. The Kier molecular flexibility index (Phi) is 3.55. The fraction of sp³-hybridized carbons (Fsp3) is 0.125. The van der Waals surface area contributed by atoms with E-state index in [9.17, 15) is 0 Å². The average Bonchev–Trinajstić information content (AvgIpc) is 3.19. The van der Waals surface area contributed by atoms with Crippen LogP contribution in [0.15, 0.2) is 52.3 Å². The second kappa shape index (κ2) is 5.85. The number of benzene rings is 1. The van der Waals surface area contributed by atoms with Crippen LogP contribution in [0.1, 0.15) is 11.5 Å². The fourth-order valence-electron chi connectivity index (χ4n) is 2.24. The normalized spacial score (nSPS) is 11.2. The molecule has 0 aliphatic carbocycles. The van der Waals surface area contributed by atoms with E-state index in [-0.39, 0.29) is 0 Å². The van der Waals surface area contributed by atoms with Gasteiger partial charge >= 0.3 is 0 Å². The average molecular weight is 323 g/mol. The number of imidazole rings is 1. The fourth-order valence-corrected chi connectivity index (χ4v) is 2.97. The summed E-state index contributed by atoms with van der Waals surface area (Å²) in [4.78, 5) is 16.4. The molecule has 0 aliphatic heterocycles. The van der Waals surface area contributed by atoms with Crippen LogP contribution in [0.5, 0.6) is 0 Å². The molecular weight excluding hydrogens is 310 g/mol. The molecule has 0 radical (unpaired) electrons. The van der Waals surface area contributed by atoms with Crippen LogP contribution in [-0.4, -0.2) is 25.1 Å². The highest BCUT2D eigenvalue weighted by Gasteiger charge is 2.11. The second-order valence-electron chi connectivity index (χ2n) is 5.05. The van der Waals surface area contributed by atoms with Crippen molar-refractivity contribution in [3.63, 3.8) is 0 Å². The summed E-state index contributed by atoms with van der Waals surface area (Å²) in [5.74, 6) is 1.74. The maximum atomic E-state index is 5.32. The summed E-state index contributed by atoms with van der Waals surface area (Å²) in [7, 11) is 0. The predicted molar refractivity (Wildman–Crippen MR) is 87.9 cm³/mol. The summed E-state index contributed by atoms with van der Waals surface area (Å²) in [6.07, 6.45) is 1.73. The number of aromatic amines is 1. The highest BCUT2D eigenvalue weighted by atomic mass is 32.2. The van der Waals surface area contributed by atoms with Gasteiger partial charge in [0, 0.05) is 17.5 Å². The highest BCUT2D eigenvalue weighted by Crippen LogP contribution is 2.23. The van der Waals surface area contributed by atoms with Crippen molar-refractivity contribution in [2.45, 2.75) is 17.8 Å². The minimum Gasteiger partial charge on any atom is -0.334 e. The molecule has 0 fully saturated rings. The van der Waals surface area contributed by atoms with Crippen LogP contribution in [0.25, 0.3) is 22.5 Å². The van der Waals surface area contributed by atoms with Crippen molar-refractivity contribution >= 4 is 22.8 Å². The number of nitrogens with zero attached hydrogens (tertiary/aromatic N) is 4. The number of pyridine rings is 1. The lowest BCUT2D eigenvalue weighted by Gasteiger charge is -1.94. The number of rotatable bonds is 4. The Morgan fingerprint density at radius 3 is 2.96 bits per heavy atom. The topological polar surface area (TPSA) is 80.5 Å². The van der Waals surface area contributed by atoms with Gasteiger partial charge in [-0.25, -0.2) is 4.98 Å². The van der Waals surface area contributed by atoms with Crippen LogP contribution in [0.3, 0.4) is 0 Å². The Hall–Kier alpha value is -2.67. The molecule has 0 unspecified atom stereocenters. The molecule has 6 nitrogen and oxygen atoms in total. The number of aromatic nitrogens is 5. The Balaban J connectivity index is 1.49. The number of fused-ring (bicyclic) bond motifs is 1. The summed E-state index contributed by atoms with van der Waals surface area (Å²) in [6, 6.07) is 11.7. The number of hydrogen-bond donors (Lipinski definition) is 1. The lowest BCUT2D eigenvalue weighted by Crippen LogP contribution is -1.86. The maximum Gasteiger partial charge on any atom is 0.258 e. The van der Waals surface area contributed by atoms with Gasteiger partial charge in [0.1, 0.15) is 0 Å². The summed E-state index contributed by atoms with van der Waals surface area (Å²) in [5, 5.41) is 4.87. The first kappa shape index (κ1) is 14.0. The standard InChI is InChI=1S/C16H13N5OS/c1-10-8-11(6-7-17-10)15-20-14(21-22-15)9-23-16-18-12-4-2-3-5-13(12)19-16/h2-8H,9H2,1H3,(H,18,19). The Bertz CT molecular complexity index is 929. The van der Waals surface area contributed by atoms with Gasteiger partial charge in [0.2, 0.25) is 0 Å². The number of H-pyrrole nitrogens is 1. The van der Waals surface area contributed by atoms with Gasteiger partial charge in [-0.1, -0.05) is 29.1 Å². The van der Waals surface area contributed by atoms with Gasteiger partial charge in [0.05, 0.1) is 16.8 Å². The third-order valence-electron chi connectivity index (χ3n) is 3.32. The van der Waals surface area contributed by atoms with Gasteiger partial charge in [-0.3, -0.25) is 4.98 Å². The molecule has 0 bridgehead atoms. The van der Waals surface area contributed by atoms with E-state index in [1.54, 1.807) is 18.0 Å². The van der Waals surface area contributed by atoms with Crippen LogP contribution in [0, 0.1) is 6.92 Å². The van der Waals surface area contributed by atoms with Gasteiger partial charge in [-0.05, 0) is 31.2 Å². The lowest BCUT2D eigenvalue weighted by molar-refractivity contribution is 0.425.